The second-order valence-corrected chi connectivity index (χ2v) is 8.08. The normalized spacial score (nSPS) is 14.1. The molecule has 0 aromatic heterocycles. The van der Waals surface area contributed by atoms with E-state index in [0.717, 1.165) is 23.4 Å². The molecular formula is C25H21ClN4O. The van der Waals surface area contributed by atoms with Crippen LogP contribution in [0.15, 0.2) is 66.7 Å². The molecular weight excluding hydrogens is 408 g/mol. The smallest absolute Gasteiger partial charge is 0.258 e. The number of nitrogens with one attached hydrogen (secondary N) is 2. The minimum atomic E-state index is -0.201. The highest BCUT2D eigenvalue weighted by Crippen LogP contribution is 2.38. The third-order valence-electron chi connectivity index (χ3n) is 5.00. The minimum absolute atomic E-state index is 0.201. The van der Waals surface area contributed by atoms with Crippen molar-refractivity contribution >= 4 is 40.2 Å². The molecule has 1 aliphatic heterocycles. The van der Waals surface area contributed by atoms with Gasteiger partial charge in [-0.1, -0.05) is 41.9 Å². The van der Waals surface area contributed by atoms with Crippen molar-refractivity contribution in [3.63, 3.8) is 0 Å². The van der Waals surface area contributed by atoms with E-state index < -0.39 is 0 Å². The molecule has 31 heavy (non-hydrogen) atoms. The Morgan fingerprint density at radius 2 is 1.77 bits per heavy atom. The monoisotopic (exact) mass is 428 g/mol. The third-order valence-corrected chi connectivity index (χ3v) is 5.24. The Balaban J connectivity index is 1.80. The number of fused-ring (bicyclic) bond motifs is 1. The van der Waals surface area contributed by atoms with E-state index in [1.54, 1.807) is 24.3 Å². The number of amides is 1. The van der Waals surface area contributed by atoms with E-state index >= 15 is 0 Å². The van der Waals surface area contributed by atoms with Gasteiger partial charge in [0.25, 0.3) is 5.91 Å². The maximum absolute atomic E-state index is 12.9. The fourth-order valence-electron chi connectivity index (χ4n) is 3.59. The summed E-state index contributed by atoms with van der Waals surface area (Å²) < 4.78 is 0. The predicted octanol–water partition coefficient (Wildman–Crippen LogP) is 5.21. The fourth-order valence-corrected chi connectivity index (χ4v) is 3.76. The summed E-state index contributed by atoms with van der Waals surface area (Å²) in [6.07, 6.45) is 0. The largest absolute Gasteiger partial charge is 0.354 e. The van der Waals surface area contributed by atoms with Crippen molar-refractivity contribution in [2.75, 3.05) is 24.7 Å². The highest BCUT2D eigenvalue weighted by molar-refractivity contribution is 6.38. The van der Waals surface area contributed by atoms with Crippen LogP contribution in [0.25, 0.3) is 11.3 Å². The van der Waals surface area contributed by atoms with Crippen molar-refractivity contribution in [1.82, 2.24) is 4.90 Å². The van der Waals surface area contributed by atoms with Gasteiger partial charge in [0.2, 0.25) is 0 Å². The van der Waals surface area contributed by atoms with Crippen LogP contribution in [-0.4, -0.2) is 24.9 Å². The van der Waals surface area contributed by atoms with E-state index in [1.165, 1.54) is 5.56 Å². The number of nitriles is 1. The molecule has 3 aromatic carbocycles. The van der Waals surface area contributed by atoms with Crippen molar-refractivity contribution in [2.24, 2.45) is 0 Å². The molecule has 0 saturated carbocycles. The lowest BCUT2D eigenvalue weighted by atomic mass is 9.99. The molecule has 154 valence electrons. The molecule has 1 heterocycles. The molecule has 0 atom stereocenters. The van der Waals surface area contributed by atoms with Gasteiger partial charge < -0.3 is 15.5 Å². The molecule has 1 amide bonds. The van der Waals surface area contributed by atoms with Gasteiger partial charge in [-0.2, -0.15) is 5.26 Å². The van der Waals surface area contributed by atoms with Gasteiger partial charge in [0, 0.05) is 22.8 Å². The van der Waals surface area contributed by atoms with Crippen LogP contribution in [0.4, 0.5) is 11.4 Å². The van der Waals surface area contributed by atoms with Crippen LogP contribution >= 0.6 is 11.6 Å². The number of rotatable bonds is 5. The van der Waals surface area contributed by atoms with Gasteiger partial charge in [-0.3, -0.25) is 4.79 Å². The zero-order valence-corrected chi connectivity index (χ0v) is 18.0. The SMILES string of the molecule is CN(C)Cc1ccc(N/C(=C2\C(=O)Nc3cc(Cl)ccc32)c2ccc(C#N)cc2)cc1. The number of carbonyl (C=O) groups is 1. The zero-order chi connectivity index (χ0) is 22.0. The van der Waals surface area contributed by atoms with Gasteiger partial charge in [-0.15, -0.1) is 0 Å². The van der Waals surface area contributed by atoms with E-state index in [9.17, 15) is 4.79 Å². The predicted molar refractivity (Wildman–Crippen MR) is 126 cm³/mol. The van der Waals surface area contributed by atoms with E-state index in [1.807, 2.05) is 44.4 Å². The lowest BCUT2D eigenvalue weighted by molar-refractivity contribution is -0.110. The molecule has 1 aliphatic rings. The number of hydrogen-bond donors (Lipinski definition) is 2. The molecule has 0 unspecified atom stereocenters. The maximum atomic E-state index is 12.9. The second kappa shape index (κ2) is 8.65. The number of anilines is 2. The van der Waals surface area contributed by atoms with Crippen molar-refractivity contribution in [1.29, 1.82) is 5.26 Å². The summed E-state index contributed by atoms with van der Waals surface area (Å²) in [6, 6.07) is 22.8. The Morgan fingerprint density at radius 1 is 1.06 bits per heavy atom. The molecule has 0 aliphatic carbocycles. The van der Waals surface area contributed by atoms with E-state index in [4.69, 9.17) is 16.9 Å². The summed E-state index contributed by atoms with van der Waals surface area (Å²) in [5, 5.41) is 16.0. The van der Waals surface area contributed by atoms with Crippen molar-refractivity contribution in [3.05, 3.63) is 94.0 Å². The first-order chi connectivity index (χ1) is 14.9. The highest BCUT2D eigenvalue weighted by Gasteiger charge is 2.28. The van der Waals surface area contributed by atoms with Crippen molar-refractivity contribution in [3.8, 4) is 6.07 Å². The van der Waals surface area contributed by atoms with E-state index in [-0.39, 0.29) is 5.91 Å². The fraction of sp³-hybridized carbons (Fsp3) is 0.120. The summed E-state index contributed by atoms with van der Waals surface area (Å²) in [4.78, 5) is 15.0. The summed E-state index contributed by atoms with van der Waals surface area (Å²) in [5.41, 5.74) is 6.10. The van der Waals surface area contributed by atoms with Gasteiger partial charge in [0.15, 0.2) is 0 Å². The van der Waals surface area contributed by atoms with Crippen LogP contribution in [0.2, 0.25) is 5.02 Å². The molecule has 0 saturated heterocycles. The van der Waals surface area contributed by atoms with Crippen molar-refractivity contribution in [2.45, 2.75) is 6.54 Å². The molecule has 0 spiro atoms. The second-order valence-electron chi connectivity index (χ2n) is 7.64. The van der Waals surface area contributed by atoms with Crippen LogP contribution < -0.4 is 10.6 Å². The number of halogens is 1. The van der Waals surface area contributed by atoms with E-state index in [2.05, 4.69) is 33.7 Å². The topological polar surface area (TPSA) is 68.2 Å². The minimum Gasteiger partial charge on any atom is -0.354 e. The van der Waals surface area contributed by atoms with Gasteiger partial charge in [-0.05, 0) is 61.6 Å². The Hall–Kier alpha value is -3.59. The first-order valence-electron chi connectivity index (χ1n) is 9.81. The molecule has 2 N–H and O–H groups in total. The zero-order valence-electron chi connectivity index (χ0n) is 17.2. The average molecular weight is 429 g/mol. The van der Waals surface area contributed by atoms with Crippen LogP contribution in [0.1, 0.15) is 22.3 Å². The van der Waals surface area contributed by atoms with E-state index in [0.29, 0.717) is 27.5 Å². The van der Waals surface area contributed by atoms with Gasteiger partial charge in [0.1, 0.15) is 0 Å². The Labute approximate surface area is 186 Å². The Morgan fingerprint density at radius 3 is 2.42 bits per heavy atom. The quantitative estimate of drug-likeness (QED) is 0.547. The lowest BCUT2D eigenvalue weighted by Gasteiger charge is -2.16. The lowest BCUT2D eigenvalue weighted by Crippen LogP contribution is -2.11. The first kappa shape index (κ1) is 20.7. The number of carbonyl (C=O) groups excluding carboxylic acids is 1. The summed E-state index contributed by atoms with van der Waals surface area (Å²) in [7, 11) is 4.06. The number of benzene rings is 3. The summed E-state index contributed by atoms with van der Waals surface area (Å²) >= 11 is 6.11. The molecule has 0 bridgehead atoms. The third kappa shape index (κ3) is 4.46. The summed E-state index contributed by atoms with van der Waals surface area (Å²) in [6.45, 7) is 0.848. The number of nitrogens with zero attached hydrogens (tertiary/aromatic N) is 2. The van der Waals surface area contributed by atoms with Gasteiger partial charge >= 0.3 is 0 Å². The van der Waals surface area contributed by atoms with Crippen LogP contribution in [0.3, 0.4) is 0 Å². The van der Waals surface area contributed by atoms with Crippen LogP contribution in [0.5, 0.6) is 0 Å². The summed E-state index contributed by atoms with van der Waals surface area (Å²) in [5.74, 6) is -0.201. The van der Waals surface area contributed by atoms with Gasteiger partial charge in [-0.25, -0.2) is 0 Å². The molecule has 0 fully saturated rings. The highest BCUT2D eigenvalue weighted by atomic mass is 35.5. The van der Waals surface area contributed by atoms with Crippen LogP contribution in [0, 0.1) is 11.3 Å². The molecule has 6 heteroatoms. The molecule has 3 aromatic rings. The standard InChI is InChI=1S/C25H21ClN4O/c1-30(2)15-17-5-10-20(11-6-17)28-24(18-7-3-16(14-27)4-8-18)23-21-12-9-19(26)13-22(21)29-25(23)31/h3-13,28H,15H2,1-2H3,(H,29,31)/b24-23-. The number of hydrogen-bond acceptors (Lipinski definition) is 4. The molecule has 5 nitrogen and oxygen atoms in total. The maximum Gasteiger partial charge on any atom is 0.258 e. The molecule has 4 rings (SSSR count). The van der Waals surface area contributed by atoms with Crippen LogP contribution in [-0.2, 0) is 11.3 Å². The Bertz CT molecular complexity index is 1210. The van der Waals surface area contributed by atoms with Crippen molar-refractivity contribution < 1.29 is 4.79 Å². The average Bonchev–Trinajstić information content (AvgIpc) is 3.07. The first-order valence-corrected chi connectivity index (χ1v) is 10.2. The van der Waals surface area contributed by atoms with Gasteiger partial charge in [0.05, 0.1) is 28.6 Å². The Kier molecular flexibility index (Phi) is 5.77. The molecule has 0 radical (unpaired) electrons.